The van der Waals surface area contributed by atoms with Crippen LogP contribution in [0.4, 0.5) is 22.0 Å². The fourth-order valence-corrected chi connectivity index (χ4v) is 8.83. The van der Waals surface area contributed by atoms with Gasteiger partial charge in [-0.2, -0.15) is 22.0 Å². The zero-order chi connectivity index (χ0) is 29.4. The van der Waals surface area contributed by atoms with Gasteiger partial charge in [-0.15, -0.1) is 0 Å². The van der Waals surface area contributed by atoms with Crippen LogP contribution in [0.25, 0.3) is 0 Å². The Balaban J connectivity index is 1.40. The summed E-state index contributed by atoms with van der Waals surface area (Å²) in [6, 6.07) is 8.06. The molecule has 1 aromatic rings. The standard InChI is InChI=1S/C32H39F5N2O2/c1-29-18-26(21-5-3-20(4-6-21)19-39-15-13-38(2)14-16-39)28-24-10-8-23(40)17-22(24)7-9-25(28)27(29)11-12-30(29,41)31(33,34)32(35,36)37/h3-6,17,25-27,41H,7-16,18-19H2,1-2H3. The lowest BCUT2D eigenvalue weighted by atomic mass is 9.50. The number of carbonyl (C=O) groups is 1. The monoisotopic (exact) mass is 578 g/mol. The molecule has 6 rings (SSSR count). The molecule has 5 unspecified atom stereocenters. The number of aliphatic hydroxyl groups is 1. The maximum absolute atomic E-state index is 15.2. The third-order valence-electron chi connectivity index (χ3n) is 11.1. The van der Waals surface area contributed by atoms with Gasteiger partial charge in [-0.25, -0.2) is 0 Å². The summed E-state index contributed by atoms with van der Waals surface area (Å²) in [5.74, 6) is -6.24. The Labute approximate surface area is 238 Å². The molecule has 41 heavy (non-hydrogen) atoms. The Morgan fingerprint density at radius 2 is 1.66 bits per heavy atom. The lowest BCUT2D eigenvalue weighted by Gasteiger charge is -2.56. The zero-order valence-corrected chi connectivity index (χ0v) is 23.7. The number of allylic oxidation sites excluding steroid dienone is 4. The minimum atomic E-state index is -5.84. The predicted molar refractivity (Wildman–Crippen MR) is 145 cm³/mol. The van der Waals surface area contributed by atoms with Crippen LogP contribution < -0.4 is 0 Å². The summed E-state index contributed by atoms with van der Waals surface area (Å²) in [7, 11) is 2.11. The van der Waals surface area contributed by atoms with E-state index in [-0.39, 0.29) is 24.5 Å². The molecule has 0 spiro atoms. The molecule has 1 N–H and O–H groups in total. The summed E-state index contributed by atoms with van der Waals surface area (Å²) in [4.78, 5) is 16.9. The second-order valence-electron chi connectivity index (χ2n) is 13.3. The maximum Gasteiger partial charge on any atom is 0.456 e. The van der Waals surface area contributed by atoms with E-state index in [1.807, 2.05) is 24.3 Å². The summed E-state index contributed by atoms with van der Waals surface area (Å²) >= 11 is 0. The number of ketones is 1. The van der Waals surface area contributed by atoms with Crippen molar-refractivity contribution < 1.29 is 31.9 Å². The van der Waals surface area contributed by atoms with Crippen LogP contribution in [-0.2, 0) is 11.3 Å². The van der Waals surface area contributed by atoms with Crippen LogP contribution in [0.3, 0.4) is 0 Å². The molecule has 0 bridgehead atoms. The van der Waals surface area contributed by atoms with Gasteiger partial charge in [0.2, 0.25) is 0 Å². The smallest absolute Gasteiger partial charge is 0.383 e. The molecule has 1 heterocycles. The Morgan fingerprint density at radius 1 is 0.976 bits per heavy atom. The number of hydrogen-bond donors (Lipinski definition) is 1. The van der Waals surface area contributed by atoms with E-state index in [0.717, 1.165) is 60.6 Å². The Hall–Kier alpha value is -2.10. The number of fused-ring (bicyclic) bond motifs is 4. The molecular weight excluding hydrogens is 539 g/mol. The van der Waals surface area contributed by atoms with Crippen molar-refractivity contribution in [3.63, 3.8) is 0 Å². The molecule has 1 aliphatic heterocycles. The van der Waals surface area contributed by atoms with Crippen LogP contribution in [0.1, 0.15) is 68.9 Å². The highest BCUT2D eigenvalue weighted by Crippen LogP contribution is 2.70. The maximum atomic E-state index is 15.2. The van der Waals surface area contributed by atoms with Gasteiger partial charge in [0.15, 0.2) is 5.78 Å². The molecule has 4 nitrogen and oxygen atoms in total. The second-order valence-corrected chi connectivity index (χ2v) is 13.3. The lowest BCUT2D eigenvalue weighted by Crippen LogP contribution is -2.65. The highest BCUT2D eigenvalue weighted by atomic mass is 19.4. The van der Waals surface area contributed by atoms with Crippen LogP contribution in [0.15, 0.2) is 47.1 Å². The van der Waals surface area contributed by atoms with Crippen molar-refractivity contribution in [3.8, 4) is 0 Å². The quantitative estimate of drug-likeness (QED) is 0.429. The highest BCUT2D eigenvalue weighted by molar-refractivity contribution is 5.93. The van der Waals surface area contributed by atoms with E-state index in [1.54, 1.807) is 6.08 Å². The van der Waals surface area contributed by atoms with Gasteiger partial charge >= 0.3 is 12.1 Å². The average Bonchev–Trinajstić information content (AvgIpc) is 3.20. The minimum absolute atomic E-state index is 0.00814. The molecule has 0 radical (unpaired) electrons. The van der Waals surface area contributed by atoms with E-state index in [2.05, 4.69) is 16.8 Å². The molecule has 9 heteroatoms. The molecule has 5 atom stereocenters. The van der Waals surface area contributed by atoms with Crippen LogP contribution in [0.2, 0.25) is 0 Å². The van der Waals surface area contributed by atoms with Crippen molar-refractivity contribution >= 4 is 5.78 Å². The Kier molecular flexibility index (Phi) is 7.06. The Bertz CT molecular complexity index is 1260. The second kappa shape index (κ2) is 9.98. The van der Waals surface area contributed by atoms with Gasteiger partial charge in [-0.05, 0) is 85.8 Å². The molecule has 2 saturated carbocycles. The van der Waals surface area contributed by atoms with Gasteiger partial charge in [0.25, 0.3) is 0 Å². The SMILES string of the molecule is CN1CCN(Cc2ccc(C3CC4(C)C(CCC4(O)C(F)(F)C(F)(F)F)C4CCC5=CC(=O)CCC5=C34)cc2)CC1. The van der Waals surface area contributed by atoms with Crippen molar-refractivity contribution in [1.29, 1.82) is 0 Å². The third-order valence-corrected chi connectivity index (χ3v) is 11.1. The van der Waals surface area contributed by atoms with Gasteiger partial charge in [0.1, 0.15) is 5.60 Å². The molecule has 224 valence electrons. The largest absolute Gasteiger partial charge is 0.456 e. The summed E-state index contributed by atoms with van der Waals surface area (Å²) in [6.45, 7) is 6.21. The first-order valence-corrected chi connectivity index (χ1v) is 14.9. The van der Waals surface area contributed by atoms with Crippen molar-refractivity contribution in [2.45, 2.75) is 82.0 Å². The normalized spacial score (nSPS) is 35.2. The van der Waals surface area contributed by atoms with Crippen molar-refractivity contribution in [3.05, 3.63) is 58.2 Å². The van der Waals surface area contributed by atoms with Gasteiger partial charge in [0.05, 0.1) is 0 Å². The number of piperazine rings is 1. The van der Waals surface area contributed by atoms with Crippen molar-refractivity contribution in [1.82, 2.24) is 9.80 Å². The van der Waals surface area contributed by atoms with Crippen LogP contribution >= 0.6 is 0 Å². The van der Waals surface area contributed by atoms with E-state index in [9.17, 15) is 23.1 Å². The lowest BCUT2D eigenvalue weighted by molar-refractivity contribution is -0.362. The first-order valence-electron chi connectivity index (χ1n) is 14.9. The topological polar surface area (TPSA) is 43.8 Å². The molecule has 0 amide bonds. The average molecular weight is 579 g/mol. The Morgan fingerprint density at radius 3 is 2.32 bits per heavy atom. The first-order chi connectivity index (χ1) is 19.2. The van der Waals surface area contributed by atoms with Crippen LogP contribution in [0.5, 0.6) is 0 Å². The van der Waals surface area contributed by atoms with Gasteiger partial charge in [-0.1, -0.05) is 36.8 Å². The highest BCUT2D eigenvalue weighted by Gasteiger charge is 2.79. The predicted octanol–water partition coefficient (Wildman–Crippen LogP) is 6.26. The summed E-state index contributed by atoms with van der Waals surface area (Å²) in [5, 5.41) is 11.4. The number of nitrogens with zero attached hydrogens (tertiary/aromatic N) is 2. The summed E-state index contributed by atoms with van der Waals surface area (Å²) < 4.78 is 71.6. The van der Waals surface area contributed by atoms with Crippen LogP contribution in [0, 0.1) is 17.3 Å². The molecule has 3 fully saturated rings. The van der Waals surface area contributed by atoms with E-state index in [1.165, 1.54) is 6.92 Å². The molecule has 4 aliphatic carbocycles. The van der Waals surface area contributed by atoms with Gasteiger partial charge in [-0.3, -0.25) is 9.69 Å². The van der Waals surface area contributed by atoms with Crippen molar-refractivity contribution in [2.75, 3.05) is 33.2 Å². The number of hydrogen-bond acceptors (Lipinski definition) is 4. The fraction of sp³-hybridized carbons (Fsp3) is 0.656. The number of benzene rings is 1. The van der Waals surface area contributed by atoms with E-state index < -0.39 is 41.4 Å². The number of carbonyl (C=O) groups excluding carboxylic acids is 1. The molecule has 1 saturated heterocycles. The summed E-state index contributed by atoms with van der Waals surface area (Å²) in [6.07, 6.45) is -2.46. The summed E-state index contributed by atoms with van der Waals surface area (Å²) in [5.41, 5.74) is 0.369. The van der Waals surface area contributed by atoms with E-state index >= 15 is 8.78 Å². The minimum Gasteiger partial charge on any atom is -0.383 e. The molecule has 5 aliphatic rings. The van der Waals surface area contributed by atoms with Crippen molar-refractivity contribution in [2.24, 2.45) is 17.3 Å². The molecular formula is C32H39F5N2O2. The van der Waals surface area contributed by atoms with E-state index in [0.29, 0.717) is 25.7 Å². The van der Waals surface area contributed by atoms with Crippen LogP contribution in [-0.4, -0.2) is 71.6 Å². The van der Waals surface area contributed by atoms with Gasteiger partial charge < -0.3 is 10.0 Å². The third kappa shape index (κ3) is 4.52. The number of alkyl halides is 5. The number of rotatable bonds is 4. The van der Waals surface area contributed by atoms with E-state index in [4.69, 9.17) is 0 Å². The number of halogens is 5. The first kappa shape index (κ1) is 29.0. The van der Waals surface area contributed by atoms with Gasteiger partial charge in [0, 0.05) is 50.5 Å². The zero-order valence-electron chi connectivity index (χ0n) is 23.7. The fourth-order valence-electron chi connectivity index (χ4n) is 8.83. The number of likely N-dealkylation sites (N-methyl/N-ethyl adjacent to an activating group) is 1. The molecule has 1 aromatic carbocycles. The molecule has 0 aromatic heterocycles.